The maximum atomic E-state index is 6.06. The van der Waals surface area contributed by atoms with Crippen LogP contribution in [-0.2, 0) is 0 Å². The first-order valence-electron chi connectivity index (χ1n) is 5.53. The lowest BCUT2D eigenvalue weighted by Crippen LogP contribution is -2.06. The molecule has 84 valence electrons. The Morgan fingerprint density at radius 2 is 2.18 bits per heavy atom. The molecule has 3 rings (SSSR count). The van der Waals surface area contributed by atoms with Gasteiger partial charge in [0.1, 0.15) is 0 Å². The van der Waals surface area contributed by atoms with E-state index >= 15 is 0 Å². The van der Waals surface area contributed by atoms with Gasteiger partial charge >= 0.3 is 0 Å². The zero-order chi connectivity index (χ0) is 11.8. The second-order valence-electron chi connectivity index (χ2n) is 4.08. The van der Waals surface area contributed by atoms with Gasteiger partial charge in [0.15, 0.2) is 0 Å². The van der Waals surface area contributed by atoms with E-state index in [9.17, 15) is 0 Å². The van der Waals surface area contributed by atoms with Crippen LogP contribution in [0.5, 0.6) is 0 Å². The maximum absolute atomic E-state index is 6.06. The molecular weight excluding hydrogens is 210 g/mol. The molecule has 3 heteroatoms. The highest BCUT2D eigenvalue weighted by Crippen LogP contribution is 2.30. The number of hydrogen-bond donors (Lipinski definition) is 2. The summed E-state index contributed by atoms with van der Waals surface area (Å²) in [6, 6.07) is 7.96. The average molecular weight is 223 g/mol. The first kappa shape index (κ1) is 10.1. The molecule has 1 aromatic carbocycles. The van der Waals surface area contributed by atoms with E-state index in [0.717, 1.165) is 27.4 Å². The van der Waals surface area contributed by atoms with Crippen molar-refractivity contribution < 1.29 is 0 Å². The Bertz CT molecular complexity index is 697. The molecule has 0 aliphatic rings. The Hall–Kier alpha value is -2.13. The number of hydrogen-bond acceptors (Lipinski definition) is 2. The number of pyridine rings is 1. The van der Waals surface area contributed by atoms with Crippen LogP contribution in [0.3, 0.4) is 0 Å². The molecule has 3 N–H and O–H groups in total. The van der Waals surface area contributed by atoms with Crippen molar-refractivity contribution in [2.45, 2.75) is 6.04 Å². The number of fused-ring (bicyclic) bond motifs is 3. The molecule has 1 atom stereocenters. The van der Waals surface area contributed by atoms with Gasteiger partial charge in [0.2, 0.25) is 0 Å². The summed E-state index contributed by atoms with van der Waals surface area (Å²) in [5.74, 6) is 0. The molecular formula is C14H13N3. The van der Waals surface area contributed by atoms with Gasteiger partial charge in [0.25, 0.3) is 0 Å². The zero-order valence-corrected chi connectivity index (χ0v) is 9.35. The van der Waals surface area contributed by atoms with Gasteiger partial charge < -0.3 is 10.7 Å². The van der Waals surface area contributed by atoms with E-state index in [0.29, 0.717) is 0 Å². The third-order valence-corrected chi connectivity index (χ3v) is 3.07. The molecule has 0 amide bonds. The average Bonchev–Trinajstić information content (AvgIpc) is 2.76. The Labute approximate surface area is 99.0 Å². The monoisotopic (exact) mass is 223 g/mol. The van der Waals surface area contributed by atoms with Gasteiger partial charge in [-0.15, -0.1) is 6.58 Å². The van der Waals surface area contributed by atoms with E-state index in [4.69, 9.17) is 5.73 Å². The van der Waals surface area contributed by atoms with Crippen LogP contribution in [-0.4, -0.2) is 9.97 Å². The molecule has 1 unspecified atom stereocenters. The molecule has 0 saturated carbocycles. The molecule has 3 nitrogen and oxygen atoms in total. The van der Waals surface area contributed by atoms with Crippen LogP contribution in [0.4, 0.5) is 0 Å². The molecule has 0 aliphatic heterocycles. The number of aromatic amines is 1. The summed E-state index contributed by atoms with van der Waals surface area (Å²) in [5.41, 5.74) is 9.28. The standard InChI is InChI=1S/C14H13N3/c1-2-11(15)9-4-3-5-12-14(9)10-6-7-16-8-13(10)17-12/h2-8,11,17H,1,15H2. The fourth-order valence-electron chi connectivity index (χ4n) is 2.24. The summed E-state index contributed by atoms with van der Waals surface area (Å²) < 4.78 is 0. The molecule has 17 heavy (non-hydrogen) atoms. The Balaban J connectivity index is 2.47. The normalized spacial score (nSPS) is 13.0. The highest BCUT2D eigenvalue weighted by molar-refractivity contribution is 6.08. The summed E-state index contributed by atoms with van der Waals surface area (Å²) in [4.78, 5) is 7.47. The minimum absolute atomic E-state index is 0.147. The van der Waals surface area contributed by atoms with Gasteiger partial charge in [-0.3, -0.25) is 4.98 Å². The Morgan fingerprint density at radius 3 is 3.00 bits per heavy atom. The molecule has 3 aromatic rings. The number of benzene rings is 1. The second kappa shape index (κ2) is 3.71. The minimum atomic E-state index is -0.147. The van der Waals surface area contributed by atoms with Crippen LogP contribution < -0.4 is 5.73 Å². The molecule has 0 bridgehead atoms. The molecule has 0 radical (unpaired) electrons. The number of H-pyrrole nitrogens is 1. The van der Waals surface area contributed by atoms with Gasteiger partial charge in [0, 0.05) is 28.5 Å². The maximum Gasteiger partial charge on any atom is 0.0651 e. The molecule has 0 aliphatic carbocycles. The van der Waals surface area contributed by atoms with Crippen LogP contribution in [0.15, 0.2) is 49.3 Å². The Morgan fingerprint density at radius 1 is 1.29 bits per heavy atom. The van der Waals surface area contributed by atoms with Crippen LogP contribution in [0.2, 0.25) is 0 Å². The fraction of sp³-hybridized carbons (Fsp3) is 0.0714. The molecule has 0 fully saturated rings. The van der Waals surface area contributed by atoms with Crippen molar-refractivity contribution in [2.24, 2.45) is 5.73 Å². The smallest absolute Gasteiger partial charge is 0.0651 e. The number of nitrogens with zero attached hydrogens (tertiary/aromatic N) is 1. The number of rotatable bonds is 2. The topological polar surface area (TPSA) is 54.7 Å². The zero-order valence-electron chi connectivity index (χ0n) is 9.35. The van der Waals surface area contributed by atoms with Gasteiger partial charge in [-0.05, 0) is 17.7 Å². The number of aromatic nitrogens is 2. The summed E-state index contributed by atoms with van der Waals surface area (Å²) in [5, 5.41) is 2.32. The van der Waals surface area contributed by atoms with Crippen molar-refractivity contribution in [2.75, 3.05) is 0 Å². The van der Waals surface area contributed by atoms with Crippen molar-refractivity contribution in [3.63, 3.8) is 0 Å². The quantitative estimate of drug-likeness (QED) is 0.656. The van der Waals surface area contributed by atoms with Gasteiger partial charge in [-0.1, -0.05) is 18.2 Å². The molecule has 2 heterocycles. The number of nitrogens with one attached hydrogen (secondary N) is 1. The van der Waals surface area contributed by atoms with Gasteiger partial charge in [-0.25, -0.2) is 0 Å². The SMILES string of the molecule is C=CC(N)c1cccc2[nH]c3cnccc3c12. The van der Waals surface area contributed by atoms with Crippen LogP contribution in [0.25, 0.3) is 21.8 Å². The second-order valence-corrected chi connectivity index (χ2v) is 4.08. The predicted molar refractivity (Wildman–Crippen MR) is 70.7 cm³/mol. The highest BCUT2D eigenvalue weighted by Gasteiger charge is 2.11. The summed E-state index contributed by atoms with van der Waals surface area (Å²) in [6.45, 7) is 3.76. The molecule has 0 saturated heterocycles. The van der Waals surface area contributed by atoms with Gasteiger partial charge in [0.05, 0.1) is 11.7 Å². The first-order chi connectivity index (χ1) is 8.31. The minimum Gasteiger partial charge on any atom is -0.353 e. The van der Waals surface area contributed by atoms with Crippen molar-refractivity contribution in [1.29, 1.82) is 0 Å². The van der Waals surface area contributed by atoms with Crippen molar-refractivity contribution in [1.82, 2.24) is 9.97 Å². The predicted octanol–water partition coefficient (Wildman–Crippen LogP) is 2.90. The van der Waals surface area contributed by atoms with Gasteiger partial charge in [-0.2, -0.15) is 0 Å². The lowest BCUT2D eigenvalue weighted by molar-refractivity contribution is 0.926. The molecule has 2 aromatic heterocycles. The summed E-state index contributed by atoms with van der Waals surface area (Å²) >= 11 is 0. The van der Waals surface area contributed by atoms with Crippen molar-refractivity contribution >= 4 is 21.8 Å². The van der Waals surface area contributed by atoms with E-state index in [1.807, 2.05) is 24.4 Å². The van der Waals surface area contributed by atoms with E-state index < -0.39 is 0 Å². The van der Waals surface area contributed by atoms with E-state index in [1.165, 1.54) is 0 Å². The first-order valence-corrected chi connectivity index (χ1v) is 5.53. The largest absolute Gasteiger partial charge is 0.353 e. The fourth-order valence-corrected chi connectivity index (χ4v) is 2.24. The van der Waals surface area contributed by atoms with Crippen molar-refractivity contribution in [3.05, 3.63) is 54.9 Å². The summed E-state index contributed by atoms with van der Waals surface area (Å²) in [7, 11) is 0. The van der Waals surface area contributed by atoms with Crippen LogP contribution in [0.1, 0.15) is 11.6 Å². The van der Waals surface area contributed by atoms with Crippen LogP contribution in [0, 0.1) is 0 Å². The highest BCUT2D eigenvalue weighted by atomic mass is 14.7. The third-order valence-electron chi connectivity index (χ3n) is 3.07. The van der Waals surface area contributed by atoms with E-state index in [2.05, 4.69) is 22.6 Å². The third kappa shape index (κ3) is 1.44. The van der Waals surface area contributed by atoms with Crippen LogP contribution >= 0.6 is 0 Å². The Kier molecular flexibility index (Phi) is 2.20. The van der Waals surface area contributed by atoms with E-state index in [-0.39, 0.29) is 6.04 Å². The lowest BCUT2D eigenvalue weighted by atomic mass is 10.0. The number of nitrogens with two attached hydrogens (primary N) is 1. The van der Waals surface area contributed by atoms with E-state index in [1.54, 1.807) is 12.3 Å². The lowest BCUT2D eigenvalue weighted by Gasteiger charge is -2.08. The summed E-state index contributed by atoms with van der Waals surface area (Å²) in [6.07, 6.45) is 5.39. The molecule has 0 spiro atoms. The van der Waals surface area contributed by atoms with Crippen molar-refractivity contribution in [3.8, 4) is 0 Å².